The van der Waals surface area contributed by atoms with Crippen LogP contribution < -0.4 is 10.1 Å². The van der Waals surface area contributed by atoms with E-state index >= 15 is 0 Å². The van der Waals surface area contributed by atoms with Crippen LogP contribution in [0.1, 0.15) is 13.3 Å². The van der Waals surface area contributed by atoms with Crippen molar-refractivity contribution in [2.45, 2.75) is 13.3 Å². The number of benzene rings is 3. The van der Waals surface area contributed by atoms with Crippen LogP contribution in [-0.4, -0.2) is 16.8 Å². The fraction of sp³-hybridized carbons (Fsp3) is 0.130. The van der Waals surface area contributed by atoms with E-state index in [1.165, 1.54) is 0 Å². The minimum absolute atomic E-state index is 0.706. The molecule has 0 aliphatic heterocycles. The number of nitrogens with zero attached hydrogens (tertiary/aromatic N) is 2. The Labute approximate surface area is 158 Å². The van der Waals surface area contributed by atoms with Gasteiger partial charge in [0.2, 0.25) is 0 Å². The molecule has 0 atom stereocenters. The maximum Gasteiger partial charge on any atom is 0.161 e. The van der Waals surface area contributed by atoms with Gasteiger partial charge in [-0.25, -0.2) is 0 Å². The number of aromatic nitrogens is 2. The zero-order chi connectivity index (χ0) is 18.5. The van der Waals surface area contributed by atoms with Gasteiger partial charge >= 0.3 is 0 Å². The SMILES string of the molecule is CCCOc1cccc(Nc2nnc(-c3ccccc3)c3ccccc23)c1. The molecule has 1 N–H and O–H groups in total. The zero-order valence-electron chi connectivity index (χ0n) is 15.2. The van der Waals surface area contributed by atoms with Crippen molar-refractivity contribution < 1.29 is 4.74 Å². The molecule has 0 aliphatic rings. The number of hydrogen-bond donors (Lipinski definition) is 1. The molecule has 27 heavy (non-hydrogen) atoms. The summed E-state index contributed by atoms with van der Waals surface area (Å²) in [4.78, 5) is 0. The molecule has 3 aromatic carbocycles. The average molecular weight is 355 g/mol. The lowest BCUT2D eigenvalue weighted by Crippen LogP contribution is -2.00. The van der Waals surface area contributed by atoms with Gasteiger partial charge in [-0.15, -0.1) is 10.2 Å². The molecule has 0 bridgehead atoms. The first-order chi connectivity index (χ1) is 13.3. The molecule has 0 aliphatic carbocycles. The Morgan fingerprint density at radius 2 is 1.59 bits per heavy atom. The smallest absolute Gasteiger partial charge is 0.161 e. The standard InChI is InChI=1S/C23H21N3O/c1-2-15-27-19-12-8-11-18(16-19)24-23-21-14-7-6-13-20(21)22(25-26-23)17-9-4-3-5-10-17/h3-14,16H,2,15H2,1H3,(H,24,26). The van der Waals surface area contributed by atoms with E-state index in [0.717, 1.165) is 45.7 Å². The van der Waals surface area contributed by atoms with Crippen LogP contribution in [-0.2, 0) is 0 Å². The second-order valence-electron chi connectivity index (χ2n) is 6.31. The summed E-state index contributed by atoms with van der Waals surface area (Å²) >= 11 is 0. The summed E-state index contributed by atoms with van der Waals surface area (Å²) in [6.07, 6.45) is 0.981. The molecule has 0 radical (unpaired) electrons. The lowest BCUT2D eigenvalue weighted by atomic mass is 10.0. The van der Waals surface area contributed by atoms with Gasteiger partial charge in [-0.3, -0.25) is 0 Å². The molecule has 0 saturated heterocycles. The Hall–Kier alpha value is -3.40. The van der Waals surface area contributed by atoms with E-state index in [9.17, 15) is 0 Å². The van der Waals surface area contributed by atoms with E-state index < -0.39 is 0 Å². The number of nitrogens with one attached hydrogen (secondary N) is 1. The molecule has 4 nitrogen and oxygen atoms in total. The molecule has 1 aromatic heterocycles. The molecule has 0 saturated carbocycles. The first kappa shape index (κ1) is 17.0. The quantitative estimate of drug-likeness (QED) is 0.473. The van der Waals surface area contributed by atoms with Gasteiger partial charge < -0.3 is 10.1 Å². The molecule has 1 heterocycles. The number of anilines is 2. The predicted molar refractivity (Wildman–Crippen MR) is 110 cm³/mol. The highest BCUT2D eigenvalue weighted by atomic mass is 16.5. The van der Waals surface area contributed by atoms with E-state index in [1.807, 2.05) is 54.6 Å². The first-order valence-corrected chi connectivity index (χ1v) is 9.16. The Bertz CT molecular complexity index is 1050. The minimum Gasteiger partial charge on any atom is -0.494 e. The molecular weight excluding hydrogens is 334 g/mol. The molecular formula is C23H21N3O. The topological polar surface area (TPSA) is 47.0 Å². The Balaban J connectivity index is 1.72. The number of ether oxygens (including phenoxy) is 1. The van der Waals surface area contributed by atoms with Crippen molar-refractivity contribution in [2.75, 3.05) is 11.9 Å². The molecule has 0 amide bonds. The van der Waals surface area contributed by atoms with Gasteiger partial charge in [-0.2, -0.15) is 0 Å². The molecule has 0 fully saturated rings. The van der Waals surface area contributed by atoms with Crippen LogP contribution in [0.2, 0.25) is 0 Å². The van der Waals surface area contributed by atoms with Crippen LogP contribution in [0, 0.1) is 0 Å². The van der Waals surface area contributed by atoms with E-state index in [0.29, 0.717) is 6.61 Å². The summed E-state index contributed by atoms with van der Waals surface area (Å²) in [5.74, 6) is 1.58. The highest BCUT2D eigenvalue weighted by Gasteiger charge is 2.11. The molecule has 0 unspecified atom stereocenters. The highest BCUT2D eigenvalue weighted by molar-refractivity contribution is 6.00. The normalized spacial score (nSPS) is 10.7. The van der Waals surface area contributed by atoms with E-state index in [-0.39, 0.29) is 0 Å². The number of rotatable bonds is 6. The maximum atomic E-state index is 5.72. The molecule has 134 valence electrons. The Morgan fingerprint density at radius 3 is 2.41 bits per heavy atom. The fourth-order valence-electron chi connectivity index (χ4n) is 3.03. The average Bonchev–Trinajstić information content (AvgIpc) is 2.73. The summed E-state index contributed by atoms with van der Waals surface area (Å²) in [7, 11) is 0. The van der Waals surface area contributed by atoms with Crippen molar-refractivity contribution >= 4 is 22.3 Å². The van der Waals surface area contributed by atoms with Crippen LogP contribution in [0.3, 0.4) is 0 Å². The summed E-state index contributed by atoms with van der Waals surface area (Å²) in [5, 5.41) is 14.5. The number of fused-ring (bicyclic) bond motifs is 1. The second-order valence-corrected chi connectivity index (χ2v) is 6.31. The van der Waals surface area contributed by atoms with E-state index in [2.05, 4.69) is 46.7 Å². The largest absolute Gasteiger partial charge is 0.494 e. The third-order valence-electron chi connectivity index (χ3n) is 4.30. The van der Waals surface area contributed by atoms with Gasteiger partial charge in [0.15, 0.2) is 5.82 Å². The summed E-state index contributed by atoms with van der Waals surface area (Å²) in [5.41, 5.74) is 2.87. The fourth-order valence-corrected chi connectivity index (χ4v) is 3.03. The highest BCUT2D eigenvalue weighted by Crippen LogP contribution is 2.31. The number of hydrogen-bond acceptors (Lipinski definition) is 4. The maximum absolute atomic E-state index is 5.72. The van der Waals surface area contributed by atoms with E-state index in [4.69, 9.17) is 4.74 Å². The zero-order valence-corrected chi connectivity index (χ0v) is 15.2. The monoisotopic (exact) mass is 355 g/mol. The van der Waals surface area contributed by atoms with Gasteiger partial charge in [0, 0.05) is 28.1 Å². The summed E-state index contributed by atoms with van der Waals surface area (Å²) < 4.78 is 5.72. The van der Waals surface area contributed by atoms with Crippen molar-refractivity contribution in [3.05, 3.63) is 78.9 Å². The second kappa shape index (κ2) is 7.87. The third-order valence-corrected chi connectivity index (χ3v) is 4.30. The first-order valence-electron chi connectivity index (χ1n) is 9.16. The molecule has 0 spiro atoms. The van der Waals surface area contributed by atoms with Crippen LogP contribution in [0.15, 0.2) is 78.9 Å². The summed E-state index contributed by atoms with van der Waals surface area (Å²) in [6, 6.07) is 26.2. The van der Waals surface area contributed by atoms with Crippen molar-refractivity contribution in [1.82, 2.24) is 10.2 Å². The lowest BCUT2D eigenvalue weighted by molar-refractivity contribution is 0.317. The van der Waals surface area contributed by atoms with Gasteiger partial charge in [0.05, 0.1) is 6.61 Å². The van der Waals surface area contributed by atoms with E-state index in [1.54, 1.807) is 0 Å². The third kappa shape index (κ3) is 3.75. The van der Waals surface area contributed by atoms with Gasteiger partial charge in [0.1, 0.15) is 11.4 Å². The van der Waals surface area contributed by atoms with Crippen molar-refractivity contribution in [3.63, 3.8) is 0 Å². The minimum atomic E-state index is 0.706. The van der Waals surface area contributed by atoms with Crippen molar-refractivity contribution in [3.8, 4) is 17.0 Å². The summed E-state index contributed by atoms with van der Waals surface area (Å²) in [6.45, 7) is 2.80. The predicted octanol–water partition coefficient (Wildman–Crippen LogP) is 5.83. The van der Waals surface area contributed by atoms with Gasteiger partial charge in [-0.1, -0.05) is 67.6 Å². The molecule has 4 heteroatoms. The van der Waals surface area contributed by atoms with Crippen LogP contribution >= 0.6 is 0 Å². The Morgan fingerprint density at radius 1 is 0.815 bits per heavy atom. The van der Waals surface area contributed by atoms with Gasteiger partial charge in [0.25, 0.3) is 0 Å². The van der Waals surface area contributed by atoms with Gasteiger partial charge in [-0.05, 0) is 18.6 Å². The van der Waals surface area contributed by atoms with Crippen LogP contribution in [0.25, 0.3) is 22.0 Å². The van der Waals surface area contributed by atoms with Crippen LogP contribution in [0.5, 0.6) is 5.75 Å². The molecule has 4 rings (SSSR count). The van der Waals surface area contributed by atoms with Crippen LogP contribution in [0.4, 0.5) is 11.5 Å². The van der Waals surface area contributed by atoms with Crippen molar-refractivity contribution in [2.24, 2.45) is 0 Å². The molecule has 4 aromatic rings. The Kier molecular flexibility index (Phi) is 4.97. The lowest BCUT2D eigenvalue weighted by Gasteiger charge is -2.12. The van der Waals surface area contributed by atoms with Crippen molar-refractivity contribution in [1.29, 1.82) is 0 Å².